The Bertz CT molecular complexity index is 667. The number of benzene rings is 2. The second-order valence-corrected chi connectivity index (χ2v) is 6.04. The quantitative estimate of drug-likeness (QED) is 0.887. The molecule has 0 saturated carbocycles. The lowest BCUT2D eigenvalue weighted by atomic mass is 10.1. The Labute approximate surface area is 116 Å². The summed E-state index contributed by atoms with van der Waals surface area (Å²) in [6.07, 6.45) is 0.470. The first-order valence-electron chi connectivity index (χ1n) is 6.00. The van der Waals surface area contributed by atoms with Crippen LogP contribution in [0.25, 0.3) is 0 Å². The Morgan fingerprint density at radius 1 is 1.00 bits per heavy atom. The van der Waals surface area contributed by atoms with Crippen molar-refractivity contribution in [1.29, 1.82) is 0 Å². The SMILES string of the molecule is O=S(=O)(NCCc1ccc(F)cc1)c1ccc(O)cc1. The highest BCUT2D eigenvalue weighted by Crippen LogP contribution is 2.14. The van der Waals surface area contributed by atoms with E-state index in [1.54, 1.807) is 12.1 Å². The lowest BCUT2D eigenvalue weighted by molar-refractivity contribution is 0.474. The maximum atomic E-state index is 12.7. The number of hydrogen-bond acceptors (Lipinski definition) is 3. The van der Waals surface area contributed by atoms with Crippen LogP contribution in [0.4, 0.5) is 4.39 Å². The van der Waals surface area contributed by atoms with Crippen LogP contribution in [-0.4, -0.2) is 20.1 Å². The first-order chi connectivity index (χ1) is 9.47. The number of hydrogen-bond donors (Lipinski definition) is 2. The van der Waals surface area contributed by atoms with Crippen molar-refractivity contribution in [3.63, 3.8) is 0 Å². The molecule has 0 aromatic heterocycles. The van der Waals surface area contributed by atoms with Gasteiger partial charge in [-0.25, -0.2) is 17.5 Å². The molecule has 4 nitrogen and oxygen atoms in total. The van der Waals surface area contributed by atoms with Crippen LogP contribution in [0.5, 0.6) is 5.75 Å². The summed E-state index contributed by atoms with van der Waals surface area (Å²) in [4.78, 5) is 0.0920. The van der Waals surface area contributed by atoms with Gasteiger partial charge in [-0.05, 0) is 48.4 Å². The smallest absolute Gasteiger partial charge is 0.240 e. The molecule has 0 bridgehead atoms. The molecule has 2 N–H and O–H groups in total. The van der Waals surface area contributed by atoms with E-state index in [2.05, 4.69) is 4.72 Å². The van der Waals surface area contributed by atoms with E-state index in [0.717, 1.165) is 5.56 Å². The van der Waals surface area contributed by atoms with Gasteiger partial charge >= 0.3 is 0 Å². The number of halogens is 1. The third-order valence-electron chi connectivity index (χ3n) is 2.77. The molecule has 0 amide bonds. The molecule has 0 fully saturated rings. The molecular weight excluding hydrogens is 281 g/mol. The second kappa shape index (κ2) is 6.02. The number of phenolic OH excluding ortho intramolecular Hbond substituents is 1. The maximum absolute atomic E-state index is 12.7. The molecule has 0 aliphatic carbocycles. The van der Waals surface area contributed by atoms with E-state index in [9.17, 15) is 12.8 Å². The zero-order valence-electron chi connectivity index (χ0n) is 10.6. The second-order valence-electron chi connectivity index (χ2n) is 4.27. The van der Waals surface area contributed by atoms with Crippen LogP contribution in [0.2, 0.25) is 0 Å². The fourth-order valence-corrected chi connectivity index (χ4v) is 2.72. The molecule has 106 valence electrons. The molecule has 2 rings (SSSR count). The van der Waals surface area contributed by atoms with Gasteiger partial charge < -0.3 is 5.11 Å². The number of aromatic hydroxyl groups is 1. The average Bonchev–Trinajstić information content (AvgIpc) is 2.41. The molecular formula is C14H14FNO3S. The molecule has 0 aliphatic heterocycles. The Morgan fingerprint density at radius 2 is 1.60 bits per heavy atom. The van der Waals surface area contributed by atoms with Crippen LogP contribution >= 0.6 is 0 Å². The first kappa shape index (κ1) is 14.5. The predicted molar refractivity (Wildman–Crippen MR) is 73.4 cm³/mol. The number of rotatable bonds is 5. The minimum absolute atomic E-state index is 0.00950. The molecule has 2 aromatic rings. The summed E-state index contributed by atoms with van der Waals surface area (Å²) in [6, 6.07) is 11.2. The summed E-state index contributed by atoms with van der Waals surface area (Å²) in [5, 5.41) is 9.12. The third-order valence-corrected chi connectivity index (χ3v) is 4.24. The Balaban J connectivity index is 1.96. The minimum Gasteiger partial charge on any atom is -0.508 e. The molecule has 6 heteroatoms. The van der Waals surface area contributed by atoms with Gasteiger partial charge in [-0.1, -0.05) is 12.1 Å². The lowest BCUT2D eigenvalue weighted by Crippen LogP contribution is -2.25. The molecule has 0 radical (unpaired) electrons. The van der Waals surface area contributed by atoms with Gasteiger partial charge in [0.25, 0.3) is 0 Å². The average molecular weight is 295 g/mol. The van der Waals surface area contributed by atoms with Gasteiger partial charge in [-0.2, -0.15) is 0 Å². The van der Waals surface area contributed by atoms with Crippen LogP contribution < -0.4 is 4.72 Å². The Kier molecular flexibility index (Phi) is 4.36. The molecule has 0 saturated heterocycles. The van der Waals surface area contributed by atoms with Crippen LogP contribution in [0.1, 0.15) is 5.56 Å². The highest BCUT2D eigenvalue weighted by Gasteiger charge is 2.12. The molecule has 0 heterocycles. The van der Waals surface area contributed by atoms with E-state index in [1.807, 2.05) is 0 Å². The van der Waals surface area contributed by atoms with Crippen LogP contribution in [0.3, 0.4) is 0 Å². The fourth-order valence-electron chi connectivity index (χ4n) is 1.69. The van der Waals surface area contributed by atoms with Crippen molar-refractivity contribution in [2.45, 2.75) is 11.3 Å². The number of nitrogens with one attached hydrogen (secondary N) is 1. The standard InChI is InChI=1S/C14H14FNO3S/c15-12-3-1-11(2-4-12)9-10-16-20(18,19)14-7-5-13(17)6-8-14/h1-8,16-17H,9-10H2. The summed E-state index contributed by atoms with van der Waals surface area (Å²) in [5.41, 5.74) is 0.847. The maximum Gasteiger partial charge on any atom is 0.240 e. The molecule has 20 heavy (non-hydrogen) atoms. The third kappa shape index (κ3) is 3.79. The van der Waals surface area contributed by atoms with Gasteiger partial charge in [0.15, 0.2) is 0 Å². The topological polar surface area (TPSA) is 66.4 Å². The molecule has 0 unspecified atom stereocenters. The van der Waals surface area contributed by atoms with E-state index in [4.69, 9.17) is 5.11 Å². The van der Waals surface area contributed by atoms with Crippen LogP contribution in [0, 0.1) is 5.82 Å². The van der Waals surface area contributed by atoms with Gasteiger partial charge in [-0.3, -0.25) is 0 Å². The van der Waals surface area contributed by atoms with Gasteiger partial charge in [-0.15, -0.1) is 0 Å². The predicted octanol–water partition coefficient (Wildman–Crippen LogP) is 2.05. The zero-order chi connectivity index (χ0) is 14.6. The van der Waals surface area contributed by atoms with E-state index >= 15 is 0 Å². The van der Waals surface area contributed by atoms with Crippen molar-refractivity contribution in [1.82, 2.24) is 4.72 Å². The molecule has 0 aliphatic rings. The number of sulfonamides is 1. The minimum atomic E-state index is -3.59. The Hall–Kier alpha value is -1.92. The lowest BCUT2D eigenvalue weighted by Gasteiger charge is -2.07. The van der Waals surface area contributed by atoms with Gasteiger partial charge in [0.2, 0.25) is 10.0 Å². The van der Waals surface area contributed by atoms with Crippen LogP contribution in [-0.2, 0) is 16.4 Å². The van der Waals surface area contributed by atoms with Crippen LogP contribution in [0.15, 0.2) is 53.4 Å². The summed E-state index contributed by atoms with van der Waals surface area (Å²) in [7, 11) is -3.59. The van der Waals surface area contributed by atoms with Crippen molar-refractivity contribution in [3.8, 4) is 5.75 Å². The highest BCUT2D eigenvalue weighted by molar-refractivity contribution is 7.89. The van der Waals surface area contributed by atoms with Crippen molar-refractivity contribution < 1.29 is 17.9 Å². The van der Waals surface area contributed by atoms with Crippen molar-refractivity contribution in [2.24, 2.45) is 0 Å². The van der Waals surface area contributed by atoms with E-state index in [1.165, 1.54) is 36.4 Å². The van der Waals surface area contributed by atoms with E-state index in [0.29, 0.717) is 6.42 Å². The summed E-state index contributed by atoms with van der Waals surface area (Å²) < 4.78 is 39.0. The summed E-state index contributed by atoms with van der Waals surface area (Å²) in [6.45, 7) is 0.217. The number of phenols is 1. The van der Waals surface area contributed by atoms with E-state index in [-0.39, 0.29) is 23.0 Å². The zero-order valence-corrected chi connectivity index (χ0v) is 11.4. The summed E-state index contributed by atoms with van der Waals surface area (Å²) >= 11 is 0. The first-order valence-corrected chi connectivity index (χ1v) is 7.49. The highest BCUT2D eigenvalue weighted by atomic mass is 32.2. The normalized spacial score (nSPS) is 11.4. The monoisotopic (exact) mass is 295 g/mol. The van der Waals surface area contributed by atoms with Gasteiger partial charge in [0.1, 0.15) is 11.6 Å². The largest absolute Gasteiger partial charge is 0.508 e. The van der Waals surface area contributed by atoms with Gasteiger partial charge in [0, 0.05) is 6.54 Å². The molecule has 2 aromatic carbocycles. The van der Waals surface area contributed by atoms with Gasteiger partial charge in [0.05, 0.1) is 4.90 Å². The van der Waals surface area contributed by atoms with Crippen molar-refractivity contribution in [2.75, 3.05) is 6.54 Å². The fraction of sp³-hybridized carbons (Fsp3) is 0.143. The van der Waals surface area contributed by atoms with Crippen molar-refractivity contribution in [3.05, 3.63) is 59.9 Å². The van der Waals surface area contributed by atoms with E-state index < -0.39 is 10.0 Å². The van der Waals surface area contributed by atoms with Crippen molar-refractivity contribution >= 4 is 10.0 Å². The molecule has 0 atom stereocenters. The molecule has 0 spiro atoms. The Morgan fingerprint density at radius 3 is 2.20 bits per heavy atom. The summed E-state index contributed by atoms with van der Waals surface area (Å²) in [5.74, 6) is -0.311.